The SMILES string of the molecule is C#CC1(Cl)C(CO)[C@@H]([C@H](C)OP(=O)(O)OP(=O)(O)OP(=O)(O)O)O[C@H]1n1cnc2cnc(N)nc21. The third-order valence-electron chi connectivity index (χ3n) is 4.76. The van der Waals surface area contributed by atoms with E-state index in [1.54, 1.807) is 0 Å². The number of nitrogens with two attached hydrogens (primary N) is 1. The van der Waals surface area contributed by atoms with E-state index in [0.717, 1.165) is 6.92 Å². The second kappa shape index (κ2) is 9.77. The highest BCUT2D eigenvalue weighted by Crippen LogP contribution is 2.67. The van der Waals surface area contributed by atoms with Gasteiger partial charge in [-0.3, -0.25) is 9.09 Å². The fourth-order valence-electron chi connectivity index (χ4n) is 3.47. The molecule has 21 heteroatoms. The molecule has 3 rings (SSSR count). The van der Waals surface area contributed by atoms with Crippen molar-refractivity contribution in [1.82, 2.24) is 19.5 Å². The van der Waals surface area contributed by atoms with Crippen LogP contribution < -0.4 is 5.73 Å². The third-order valence-corrected chi connectivity index (χ3v) is 9.27. The van der Waals surface area contributed by atoms with Crippen molar-refractivity contribution in [2.24, 2.45) is 5.92 Å². The van der Waals surface area contributed by atoms with Gasteiger partial charge in [-0.2, -0.15) is 13.6 Å². The molecule has 1 aliphatic rings. The van der Waals surface area contributed by atoms with Crippen LogP contribution in [0.25, 0.3) is 11.2 Å². The monoisotopic (exact) mass is 577 g/mol. The van der Waals surface area contributed by atoms with Crippen molar-refractivity contribution in [2.45, 2.75) is 30.2 Å². The number of imidazole rings is 1. The summed E-state index contributed by atoms with van der Waals surface area (Å²) in [6.45, 7) is 0.455. The second-order valence-corrected chi connectivity index (χ2v) is 12.1. The van der Waals surface area contributed by atoms with Gasteiger partial charge in [0.1, 0.15) is 5.52 Å². The van der Waals surface area contributed by atoms with Crippen LogP contribution >= 0.6 is 35.1 Å². The number of aromatic nitrogens is 4. The Kier molecular flexibility index (Phi) is 7.85. The van der Waals surface area contributed by atoms with Gasteiger partial charge in [-0.1, -0.05) is 17.5 Å². The molecule has 1 fully saturated rings. The summed E-state index contributed by atoms with van der Waals surface area (Å²) in [6, 6.07) is 0. The Morgan fingerprint density at radius 1 is 1.29 bits per heavy atom. The molecule has 7 atom stereocenters. The number of ether oxygens (including phenoxy) is 1. The molecular formula is C14H19ClN5O12P3. The van der Waals surface area contributed by atoms with Crippen molar-refractivity contribution in [2.75, 3.05) is 12.3 Å². The number of rotatable bonds is 9. The van der Waals surface area contributed by atoms with Gasteiger partial charge in [-0.25, -0.2) is 23.7 Å². The predicted molar refractivity (Wildman–Crippen MR) is 116 cm³/mol. The van der Waals surface area contributed by atoms with Gasteiger partial charge in [0.15, 0.2) is 16.7 Å². The number of phosphoric ester groups is 1. The molecule has 0 aromatic carbocycles. The Hall–Kier alpha value is -1.47. The van der Waals surface area contributed by atoms with E-state index >= 15 is 0 Å². The summed E-state index contributed by atoms with van der Waals surface area (Å²) < 4.78 is 54.0. The summed E-state index contributed by atoms with van der Waals surface area (Å²) in [5.41, 5.74) is 6.09. The van der Waals surface area contributed by atoms with Crippen molar-refractivity contribution >= 4 is 52.2 Å². The van der Waals surface area contributed by atoms with Crippen LogP contribution in [0, 0.1) is 18.3 Å². The zero-order valence-electron chi connectivity index (χ0n) is 17.4. The summed E-state index contributed by atoms with van der Waals surface area (Å²) >= 11 is 6.65. The molecule has 1 saturated heterocycles. The van der Waals surface area contributed by atoms with Crippen LogP contribution in [0.5, 0.6) is 0 Å². The number of aliphatic hydroxyl groups excluding tert-OH is 1. The number of fused-ring (bicyclic) bond motifs is 1. The minimum atomic E-state index is -5.75. The van der Waals surface area contributed by atoms with E-state index in [1.165, 1.54) is 17.1 Å². The van der Waals surface area contributed by atoms with E-state index in [9.17, 15) is 28.6 Å². The first-order valence-corrected chi connectivity index (χ1v) is 14.1. The molecule has 1 aliphatic heterocycles. The first-order chi connectivity index (χ1) is 16.0. The van der Waals surface area contributed by atoms with Gasteiger partial charge in [0.05, 0.1) is 31.3 Å². The lowest BCUT2D eigenvalue weighted by Crippen LogP contribution is -2.41. The van der Waals surface area contributed by atoms with Crippen molar-refractivity contribution in [3.8, 4) is 12.3 Å². The first-order valence-electron chi connectivity index (χ1n) is 9.22. The van der Waals surface area contributed by atoms with Crippen LogP contribution in [-0.2, 0) is 31.6 Å². The van der Waals surface area contributed by atoms with Gasteiger partial charge >= 0.3 is 23.5 Å². The van der Waals surface area contributed by atoms with Crippen LogP contribution in [0.1, 0.15) is 13.2 Å². The number of alkyl halides is 1. The smallest absolute Gasteiger partial charge is 0.396 e. The highest BCUT2D eigenvalue weighted by atomic mass is 35.5. The number of aliphatic hydroxyl groups is 1. The number of nitrogens with zero attached hydrogens (tertiary/aromatic N) is 4. The van der Waals surface area contributed by atoms with Gasteiger partial charge in [-0.05, 0) is 6.92 Å². The molecule has 0 spiro atoms. The second-order valence-electron chi connectivity index (χ2n) is 7.14. The highest BCUT2D eigenvalue weighted by molar-refractivity contribution is 7.66. The molecule has 194 valence electrons. The molecule has 4 unspecified atom stereocenters. The van der Waals surface area contributed by atoms with Crippen molar-refractivity contribution < 1.29 is 56.3 Å². The summed E-state index contributed by atoms with van der Waals surface area (Å²) in [5.74, 6) is 1.06. The standard InChI is InChI=1S/C14H19ClN5O12P3/c1-3-14(15)8(5-21)10(7(2)30-34(25,26)32-35(27,28)31-33(22,23)24)29-12(14)20-6-18-9-4-17-13(16)19-11(9)20/h1,4,6-8,10,12,21H,5H2,2H3,(H,25,26)(H,27,28)(H2,16,17,19)(H2,22,23,24)/t7-,8?,10+,12+,14?/m0/s1. The van der Waals surface area contributed by atoms with E-state index in [0.29, 0.717) is 5.52 Å². The Morgan fingerprint density at radius 2 is 1.94 bits per heavy atom. The van der Waals surface area contributed by atoms with Crippen LogP contribution in [-0.4, -0.2) is 67.9 Å². The molecular weight excluding hydrogens is 559 g/mol. The average Bonchev–Trinajstić information content (AvgIpc) is 3.22. The molecule has 7 N–H and O–H groups in total. The molecule has 17 nitrogen and oxygen atoms in total. The summed E-state index contributed by atoms with van der Waals surface area (Å²) in [7, 11) is -16.8. The number of nitrogen functional groups attached to an aromatic ring is 1. The fourth-order valence-corrected chi connectivity index (χ4v) is 7.02. The minimum Gasteiger partial charge on any atom is -0.396 e. The molecule has 35 heavy (non-hydrogen) atoms. The molecule has 3 heterocycles. The Labute approximate surface area is 201 Å². The lowest BCUT2D eigenvalue weighted by molar-refractivity contribution is -0.0641. The van der Waals surface area contributed by atoms with E-state index in [-0.39, 0.29) is 11.6 Å². The van der Waals surface area contributed by atoms with Gasteiger partial charge in [-0.15, -0.1) is 6.42 Å². The van der Waals surface area contributed by atoms with Crippen LogP contribution in [0.15, 0.2) is 12.5 Å². The van der Waals surface area contributed by atoms with Crippen molar-refractivity contribution in [3.63, 3.8) is 0 Å². The Bertz CT molecular complexity index is 1300. The minimum absolute atomic E-state index is 0.102. The number of hydrogen-bond acceptors (Lipinski definition) is 12. The maximum absolute atomic E-state index is 12.2. The molecule has 0 saturated carbocycles. The van der Waals surface area contributed by atoms with Crippen LogP contribution in [0.4, 0.5) is 5.95 Å². The van der Waals surface area contributed by atoms with E-state index in [1.807, 2.05) is 0 Å². The summed E-state index contributed by atoms with van der Waals surface area (Å²) in [6.07, 6.45) is 4.12. The van der Waals surface area contributed by atoms with Gasteiger partial charge < -0.3 is 35.2 Å². The third kappa shape index (κ3) is 6.10. The van der Waals surface area contributed by atoms with E-state index < -0.39 is 59.3 Å². The largest absolute Gasteiger partial charge is 0.490 e. The lowest BCUT2D eigenvalue weighted by atomic mass is 9.87. The average molecular weight is 578 g/mol. The quantitative estimate of drug-likeness (QED) is 0.132. The summed E-state index contributed by atoms with van der Waals surface area (Å²) in [5, 5.41) is 10.00. The van der Waals surface area contributed by atoms with Gasteiger partial charge in [0, 0.05) is 5.92 Å². The highest BCUT2D eigenvalue weighted by Gasteiger charge is 2.58. The first kappa shape index (κ1) is 28.1. The maximum atomic E-state index is 12.2. The number of terminal acetylenes is 1. The Morgan fingerprint density at radius 3 is 2.51 bits per heavy atom. The zero-order chi connectivity index (χ0) is 26.4. The zero-order valence-corrected chi connectivity index (χ0v) is 20.9. The number of phosphoric acid groups is 3. The number of halogens is 1. The number of hydrogen-bond donors (Lipinski definition) is 6. The van der Waals surface area contributed by atoms with Gasteiger partial charge in [0.25, 0.3) is 0 Å². The molecule has 2 aromatic rings. The van der Waals surface area contributed by atoms with Crippen molar-refractivity contribution in [3.05, 3.63) is 12.5 Å². The van der Waals surface area contributed by atoms with Crippen LogP contribution in [0.2, 0.25) is 0 Å². The topological polar surface area (TPSA) is 259 Å². The molecule has 0 amide bonds. The fraction of sp³-hybridized carbons (Fsp3) is 0.500. The molecule has 0 bridgehead atoms. The Balaban J connectivity index is 1.90. The maximum Gasteiger partial charge on any atom is 0.490 e. The molecule has 0 radical (unpaired) electrons. The van der Waals surface area contributed by atoms with E-state index in [4.69, 9.17) is 42.8 Å². The van der Waals surface area contributed by atoms with Crippen molar-refractivity contribution in [1.29, 1.82) is 0 Å². The molecule has 2 aromatic heterocycles. The lowest BCUT2D eigenvalue weighted by Gasteiger charge is -2.28. The number of anilines is 1. The van der Waals surface area contributed by atoms with Gasteiger partial charge in [0.2, 0.25) is 5.95 Å². The molecule has 0 aliphatic carbocycles. The van der Waals surface area contributed by atoms with Crippen LogP contribution in [0.3, 0.4) is 0 Å². The van der Waals surface area contributed by atoms with E-state index in [2.05, 4.69) is 29.5 Å². The summed E-state index contributed by atoms with van der Waals surface area (Å²) in [4.78, 5) is 46.6. The predicted octanol–water partition coefficient (Wildman–Crippen LogP) is 0.257. The normalized spacial score (nSPS) is 29.4.